The van der Waals surface area contributed by atoms with Crippen molar-refractivity contribution in [2.45, 2.75) is 6.43 Å². The van der Waals surface area contributed by atoms with Crippen molar-refractivity contribution in [2.24, 2.45) is 0 Å². The van der Waals surface area contributed by atoms with Gasteiger partial charge in [-0.1, -0.05) is 0 Å². The Morgan fingerprint density at radius 3 is 2.70 bits per heavy atom. The molecule has 1 aromatic rings. The summed E-state index contributed by atoms with van der Waals surface area (Å²) in [6.45, 7) is 4.47. The first kappa shape index (κ1) is 15.0. The summed E-state index contributed by atoms with van der Waals surface area (Å²) in [7, 11) is 1.38. The smallest absolute Gasteiger partial charge is 0.267 e. The molecule has 1 heterocycles. The second-order valence-corrected chi connectivity index (χ2v) is 4.51. The maximum atomic E-state index is 12.8. The zero-order valence-electron chi connectivity index (χ0n) is 11.5. The number of morpholine rings is 1. The summed E-state index contributed by atoms with van der Waals surface area (Å²) in [6.07, 6.45) is -2.58. The Labute approximate surface area is 117 Å². The van der Waals surface area contributed by atoms with Crippen LogP contribution in [0, 0.1) is 0 Å². The number of benzene rings is 1. The van der Waals surface area contributed by atoms with E-state index in [0.29, 0.717) is 12.4 Å². The predicted octanol–water partition coefficient (Wildman–Crippen LogP) is 2.34. The molecule has 112 valence electrons. The van der Waals surface area contributed by atoms with Gasteiger partial charge in [-0.3, -0.25) is 4.90 Å². The molecule has 0 saturated carbocycles. The topological polar surface area (TPSA) is 30.9 Å². The summed E-state index contributed by atoms with van der Waals surface area (Å²) < 4.78 is 41.4. The summed E-state index contributed by atoms with van der Waals surface area (Å²) >= 11 is 0. The van der Waals surface area contributed by atoms with Crippen molar-refractivity contribution >= 4 is 0 Å². The highest BCUT2D eigenvalue weighted by atomic mass is 19.3. The minimum Gasteiger partial charge on any atom is -0.496 e. The second kappa shape index (κ2) is 7.40. The van der Waals surface area contributed by atoms with Crippen LogP contribution < -0.4 is 9.47 Å². The third-order valence-electron chi connectivity index (χ3n) is 3.22. The maximum Gasteiger partial charge on any atom is 0.267 e. The molecule has 1 aliphatic heterocycles. The van der Waals surface area contributed by atoms with E-state index >= 15 is 0 Å². The first-order valence-electron chi connectivity index (χ1n) is 6.59. The highest BCUT2D eigenvalue weighted by Crippen LogP contribution is 2.32. The van der Waals surface area contributed by atoms with Crippen molar-refractivity contribution < 1.29 is 23.0 Å². The van der Waals surface area contributed by atoms with Gasteiger partial charge in [-0.15, -0.1) is 0 Å². The van der Waals surface area contributed by atoms with Gasteiger partial charge in [-0.2, -0.15) is 0 Å². The van der Waals surface area contributed by atoms with Crippen LogP contribution in [0.15, 0.2) is 18.2 Å². The molecule has 0 N–H and O–H groups in total. The normalized spacial score (nSPS) is 16.4. The molecule has 0 radical (unpaired) electrons. The number of halogens is 2. The monoisotopic (exact) mass is 287 g/mol. The van der Waals surface area contributed by atoms with Crippen LogP contribution in [-0.2, 0) is 4.74 Å². The van der Waals surface area contributed by atoms with Crippen molar-refractivity contribution in [1.29, 1.82) is 0 Å². The number of rotatable bonds is 6. The van der Waals surface area contributed by atoms with E-state index < -0.39 is 6.43 Å². The molecule has 0 aromatic heterocycles. The van der Waals surface area contributed by atoms with E-state index in [1.54, 1.807) is 6.07 Å². The van der Waals surface area contributed by atoms with Crippen LogP contribution >= 0.6 is 0 Å². The molecule has 0 aliphatic carbocycles. The van der Waals surface area contributed by atoms with Gasteiger partial charge < -0.3 is 14.2 Å². The third kappa shape index (κ3) is 4.05. The molecule has 0 spiro atoms. The van der Waals surface area contributed by atoms with Crippen molar-refractivity contribution in [1.82, 2.24) is 4.90 Å². The van der Waals surface area contributed by atoms with Crippen molar-refractivity contribution in [2.75, 3.05) is 46.6 Å². The molecule has 1 saturated heterocycles. The minimum atomic E-state index is -2.58. The van der Waals surface area contributed by atoms with Crippen LogP contribution in [0.25, 0.3) is 0 Å². The van der Waals surface area contributed by atoms with E-state index in [2.05, 4.69) is 4.90 Å². The molecule has 1 aromatic carbocycles. The second-order valence-electron chi connectivity index (χ2n) is 4.51. The Balaban J connectivity index is 1.87. The standard InChI is InChI=1S/C14H19F2NO3/c1-18-13-3-2-11(10-12(13)14(15)16)20-9-6-17-4-7-19-8-5-17/h2-3,10,14H,4-9H2,1H3. The average Bonchev–Trinajstić information content (AvgIpc) is 2.48. The van der Waals surface area contributed by atoms with Crippen LogP contribution in [0.5, 0.6) is 11.5 Å². The molecule has 4 nitrogen and oxygen atoms in total. The highest BCUT2D eigenvalue weighted by molar-refractivity contribution is 5.41. The van der Waals surface area contributed by atoms with Gasteiger partial charge in [0.1, 0.15) is 18.1 Å². The van der Waals surface area contributed by atoms with Gasteiger partial charge in [-0.25, -0.2) is 8.78 Å². The number of hydrogen-bond donors (Lipinski definition) is 0. The quantitative estimate of drug-likeness (QED) is 0.803. The van der Waals surface area contributed by atoms with Crippen LogP contribution in [-0.4, -0.2) is 51.5 Å². The molecule has 20 heavy (non-hydrogen) atoms. The Morgan fingerprint density at radius 2 is 2.05 bits per heavy atom. The number of hydrogen-bond acceptors (Lipinski definition) is 4. The van der Waals surface area contributed by atoms with Crippen LogP contribution in [0.3, 0.4) is 0 Å². The zero-order chi connectivity index (χ0) is 14.4. The summed E-state index contributed by atoms with van der Waals surface area (Å²) in [5.41, 5.74) is -0.142. The van der Waals surface area contributed by atoms with Crippen LogP contribution in [0.1, 0.15) is 12.0 Å². The Hall–Kier alpha value is -1.40. The van der Waals surface area contributed by atoms with E-state index in [9.17, 15) is 8.78 Å². The van der Waals surface area contributed by atoms with Gasteiger partial charge in [0.05, 0.1) is 25.9 Å². The lowest BCUT2D eigenvalue weighted by Crippen LogP contribution is -2.38. The number of nitrogens with zero attached hydrogens (tertiary/aromatic N) is 1. The number of alkyl halides is 2. The molecular formula is C14H19F2NO3. The zero-order valence-corrected chi connectivity index (χ0v) is 11.5. The fraction of sp³-hybridized carbons (Fsp3) is 0.571. The van der Waals surface area contributed by atoms with Crippen LogP contribution in [0.4, 0.5) is 8.78 Å². The van der Waals surface area contributed by atoms with E-state index in [0.717, 1.165) is 32.8 Å². The van der Waals surface area contributed by atoms with E-state index in [1.165, 1.54) is 19.2 Å². The van der Waals surface area contributed by atoms with Crippen molar-refractivity contribution in [3.63, 3.8) is 0 Å². The molecule has 0 amide bonds. The van der Waals surface area contributed by atoms with Gasteiger partial charge in [-0.05, 0) is 18.2 Å². The average molecular weight is 287 g/mol. The molecular weight excluding hydrogens is 268 g/mol. The lowest BCUT2D eigenvalue weighted by Gasteiger charge is -2.26. The molecule has 0 bridgehead atoms. The van der Waals surface area contributed by atoms with Crippen molar-refractivity contribution in [3.8, 4) is 11.5 Å². The lowest BCUT2D eigenvalue weighted by atomic mass is 10.2. The van der Waals surface area contributed by atoms with E-state index in [-0.39, 0.29) is 11.3 Å². The summed E-state index contributed by atoms with van der Waals surface area (Å²) in [5.74, 6) is 0.620. The summed E-state index contributed by atoms with van der Waals surface area (Å²) in [5, 5.41) is 0. The summed E-state index contributed by atoms with van der Waals surface area (Å²) in [4.78, 5) is 2.22. The summed E-state index contributed by atoms with van der Waals surface area (Å²) in [6, 6.07) is 4.48. The fourth-order valence-electron chi connectivity index (χ4n) is 2.09. The Morgan fingerprint density at radius 1 is 1.30 bits per heavy atom. The Kier molecular flexibility index (Phi) is 5.55. The molecule has 0 atom stereocenters. The number of methoxy groups -OCH3 is 1. The van der Waals surface area contributed by atoms with Gasteiger partial charge >= 0.3 is 0 Å². The fourth-order valence-corrected chi connectivity index (χ4v) is 2.09. The predicted molar refractivity (Wildman–Crippen MR) is 70.7 cm³/mol. The molecule has 1 fully saturated rings. The van der Waals surface area contributed by atoms with Gasteiger partial charge in [0.2, 0.25) is 0 Å². The largest absolute Gasteiger partial charge is 0.496 e. The molecule has 6 heteroatoms. The Bertz CT molecular complexity index is 423. The molecule has 1 aliphatic rings. The van der Waals surface area contributed by atoms with Gasteiger partial charge in [0.15, 0.2) is 0 Å². The minimum absolute atomic E-state index is 0.142. The van der Waals surface area contributed by atoms with E-state index in [4.69, 9.17) is 14.2 Å². The van der Waals surface area contributed by atoms with Crippen LogP contribution in [0.2, 0.25) is 0 Å². The first-order chi connectivity index (χ1) is 9.70. The molecule has 0 unspecified atom stereocenters. The number of ether oxygens (including phenoxy) is 3. The highest BCUT2D eigenvalue weighted by Gasteiger charge is 2.15. The SMILES string of the molecule is COc1ccc(OCCN2CCOCC2)cc1C(F)F. The van der Waals surface area contributed by atoms with Gasteiger partial charge in [0.25, 0.3) is 6.43 Å². The van der Waals surface area contributed by atoms with E-state index in [1.807, 2.05) is 0 Å². The van der Waals surface area contributed by atoms with Gasteiger partial charge in [0, 0.05) is 19.6 Å². The molecule has 2 rings (SSSR count). The van der Waals surface area contributed by atoms with Crippen molar-refractivity contribution in [3.05, 3.63) is 23.8 Å². The maximum absolute atomic E-state index is 12.8. The lowest BCUT2D eigenvalue weighted by molar-refractivity contribution is 0.0322. The first-order valence-corrected chi connectivity index (χ1v) is 6.59. The third-order valence-corrected chi connectivity index (χ3v) is 3.22.